The zero-order valence-corrected chi connectivity index (χ0v) is 39.9. The Kier molecular flexibility index (Phi) is 39.3. The third-order valence-corrected chi connectivity index (χ3v) is 9.60. The predicted molar refractivity (Wildman–Crippen MR) is 249 cm³/mol. The zero-order valence-electron chi connectivity index (χ0n) is 37.4. The largest absolute Gasteiger partial charge is 0.409 e. The summed E-state index contributed by atoms with van der Waals surface area (Å²) in [5, 5.41) is 16.2. The Morgan fingerprint density at radius 1 is 0.657 bits per heavy atom. The molecule has 0 fully saturated rings. The Hall–Kier alpha value is -4.51. The molecule has 0 saturated carbocycles. The van der Waals surface area contributed by atoms with Gasteiger partial charge in [-0.1, -0.05) is 61.2 Å². The van der Waals surface area contributed by atoms with Crippen LogP contribution in [0.15, 0.2) is 104 Å². The minimum absolute atomic E-state index is 0.0227. The van der Waals surface area contributed by atoms with Crippen molar-refractivity contribution in [2.75, 3.05) is 54.2 Å². The summed E-state index contributed by atoms with van der Waals surface area (Å²) in [6.07, 6.45) is -12.1. The molecular formula is C45H58F9NO9S3. The average molecular weight is 1020 g/mol. The van der Waals surface area contributed by atoms with Gasteiger partial charge in [0.1, 0.15) is 17.3 Å². The number of benzene rings is 3. The van der Waals surface area contributed by atoms with E-state index in [0.29, 0.717) is 48.6 Å². The van der Waals surface area contributed by atoms with Crippen LogP contribution in [0.4, 0.5) is 45.2 Å². The molecule has 0 spiro atoms. The van der Waals surface area contributed by atoms with E-state index in [9.17, 15) is 63.5 Å². The number of ketones is 3. The number of carbonyl (C=O) groups is 5. The van der Waals surface area contributed by atoms with Gasteiger partial charge in [-0.15, -0.1) is 11.8 Å². The van der Waals surface area contributed by atoms with Crippen LogP contribution in [0.3, 0.4) is 0 Å². The first-order valence-electron chi connectivity index (χ1n) is 19.9. The molecule has 3 aromatic rings. The Morgan fingerprint density at radius 2 is 1.03 bits per heavy atom. The minimum atomic E-state index is -4.19. The van der Waals surface area contributed by atoms with E-state index in [2.05, 4.69) is 29.0 Å². The summed E-state index contributed by atoms with van der Waals surface area (Å²) in [6.45, 7) is 9.32. The van der Waals surface area contributed by atoms with Crippen LogP contribution in [0.1, 0.15) is 74.1 Å². The van der Waals surface area contributed by atoms with Gasteiger partial charge >= 0.3 is 30.5 Å². The van der Waals surface area contributed by atoms with Gasteiger partial charge in [0.25, 0.3) is 0 Å². The molecule has 0 aliphatic rings. The van der Waals surface area contributed by atoms with Gasteiger partial charge in [-0.2, -0.15) is 63.9 Å². The average Bonchev–Trinajstić information content (AvgIpc) is 3.26. The van der Waals surface area contributed by atoms with E-state index in [1.165, 1.54) is 25.6 Å². The topological polar surface area (TPSA) is 148 Å². The van der Waals surface area contributed by atoms with Gasteiger partial charge in [-0.05, 0) is 69.8 Å². The number of aliphatic hydroxyl groups is 2. The van der Waals surface area contributed by atoms with Crippen molar-refractivity contribution in [1.29, 1.82) is 0 Å². The Labute approximate surface area is 399 Å². The van der Waals surface area contributed by atoms with Crippen LogP contribution in [0.5, 0.6) is 0 Å². The number of alkyl halides is 9. The number of anilines is 1. The van der Waals surface area contributed by atoms with Gasteiger partial charge < -0.3 is 15.1 Å². The number of hydrogen-bond donors (Lipinski definition) is 3. The molecule has 0 aromatic heterocycles. The monoisotopic (exact) mass is 1020 g/mol. The number of para-hydroxylation sites is 1. The molecule has 67 heavy (non-hydrogen) atoms. The highest BCUT2D eigenvalue weighted by molar-refractivity contribution is 8.00. The Morgan fingerprint density at radius 3 is 1.33 bits per heavy atom. The summed E-state index contributed by atoms with van der Waals surface area (Å²) in [7, 11) is 0. The molecule has 22 heteroatoms. The fourth-order valence-corrected chi connectivity index (χ4v) is 5.98. The van der Waals surface area contributed by atoms with Gasteiger partial charge in [0.15, 0.2) is 0 Å². The Balaban J connectivity index is -0.000000763. The summed E-state index contributed by atoms with van der Waals surface area (Å²) in [4.78, 5) is 64.6. The van der Waals surface area contributed by atoms with Crippen molar-refractivity contribution in [2.45, 2.75) is 77.2 Å². The highest BCUT2D eigenvalue weighted by atomic mass is 32.2. The second-order valence-corrected chi connectivity index (χ2v) is 16.2. The first-order valence-corrected chi connectivity index (χ1v) is 22.7. The van der Waals surface area contributed by atoms with E-state index < -0.39 is 42.1 Å². The Bertz CT molecular complexity index is 1720. The number of thioether (sulfide) groups is 2. The molecule has 0 radical (unpaired) electrons. The normalized spacial score (nSPS) is 10.9. The number of halogens is 9. The smallest absolute Gasteiger partial charge is 0.395 e. The minimum Gasteiger partial charge on any atom is -0.395 e. The number of rotatable bonds is 18. The van der Waals surface area contributed by atoms with Crippen LogP contribution in [0.25, 0.3) is 0 Å². The van der Waals surface area contributed by atoms with Crippen molar-refractivity contribution in [3.63, 3.8) is 0 Å². The first kappa shape index (κ1) is 66.8. The van der Waals surface area contributed by atoms with Crippen molar-refractivity contribution >= 4 is 71.1 Å². The molecule has 0 aliphatic carbocycles. The molecular weight excluding hydrogens is 966 g/mol. The lowest BCUT2D eigenvalue weighted by molar-refractivity contribution is -0.187. The summed E-state index contributed by atoms with van der Waals surface area (Å²) in [5.74, 6) is 0.212. The highest BCUT2D eigenvalue weighted by Crippen LogP contribution is 2.30. The molecule has 1 unspecified atom stereocenters. The second kappa shape index (κ2) is 39.5. The lowest BCUT2D eigenvalue weighted by atomic mass is 10.2. The van der Waals surface area contributed by atoms with Crippen molar-refractivity contribution in [3.8, 4) is 0 Å². The molecule has 3 rings (SSSR count). The molecule has 0 heterocycles. The lowest BCUT2D eigenvalue weighted by Crippen LogP contribution is -2.29. The SMILES string of the molecule is C=CC(F)(F)F.CC(=O)CCS.CC(=O)CCSC(C)C(F)(F)F.CC(=O)CCSCCC(F)(F)F.O=C(OOC(=O)c1ccccc1)c1ccccc1.OCCN(CCO)c1ccccc1. The second-order valence-electron chi connectivity index (χ2n) is 13.1. The van der Waals surface area contributed by atoms with Gasteiger partial charge in [0, 0.05) is 61.4 Å². The highest BCUT2D eigenvalue weighted by Gasteiger charge is 2.36. The van der Waals surface area contributed by atoms with Crippen molar-refractivity contribution in [2.24, 2.45) is 0 Å². The van der Waals surface area contributed by atoms with E-state index in [1.807, 2.05) is 35.2 Å². The maximum Gasteiger partial charge on any atom is 0.409 e. The molecule has 0 amide bonds. The molecule has 2 N–H and O–H groups in total. The molecule has 3 aromatic carbocycles. The molecule has 378 valence electrons. The number of nitrogens with zero attached hydrogens (tertiary/aromatic N) is 1. The molecule has 0 saturated heterocycles. The van der Waals surface area contributed by atoms with Crippen LogP contribution >= 0.6 is 36.2 Å². The lowest BCUT2D eigenvalue weighted by Gasteiger charge is -2.22. The van der Waals surface area contributed by atoms with Crippen LogP contribution in [0.2, 0.25) is 0 Å². The number of Topliss-reactive ketones (excluding diaryl/α,β-unsaturated/α-hetero) is 3. The number of hydrogen-bond acceptors (Lipinski definition) is 13. The number of aliphatic hydroxyl groups excluding tert-OH is 2. The van der Waals surface area contributed by atoms with E-state index in [-0.39, 0.29) is 54.6 Å². The van der Waals surface area contributed by atoms with Crippen LogP contribution in [-0.2, 0) is 24.2 Å². The molecule has 0 aliphatic heterocycles. The van der Waals surface area contributed by atoms with E-state index in [1.54, 1.807) is 67.6 Å². The third-order valence-electron chi connectivity index (χ3n) is 7.18. The molecule has 0 bridgehead atoms. The van der Waals surface area contributed by atoms with Crippen LogP contribution in [0, 0.1) is 0 Å². The van der Waals surface area contributed by atoms with E-state index in [4.69, 9.17) is 10.2 Å². The summed E-state index contributed by atoms with van der Waals surface area (Å²) in [6, 6.07) is 26.3. The summed E-state index contributed by atoms with van der Waals surface area (Å²) >= 11 is 5.77. The van der Waals surface area contributed by atoms with Gasteiger partial charge in [0.2, 0.25) is 0 Å². The quantitative estimate of drug-likeness (QED) is 0.0278. The molecule has 10 nitrogen and oxygen atoms in total. The molecule has 1 atom stereocenters. The summed E-state index contributed by atoms with van der Waals surface area (Å²) in [5.41, 5.74) is 1.67. The van der Waals surface area contributed by atoms with Crippen molar-refractivity contribution in [1.82, 2.24) is 0 Å². The number of thiol groups is 1. The fraction of sp³-hybridized carbons (Fsp3) is 0.444. The van der Waals surface area contributed by atoms with Gasteiger partial charge in [0.05, 0.1) is 36.0 Å². The maximum atomic E-state index is 11.9. The maximum absolute atomic E-state index is 11.9. The standard InChI is InChI=1S/C14H10O4.C10H15NO2.2C7H11F3OS.C4H8OS.C3H3F3/c15-13(11-7-3-1-4-8-11)17-18-14(16)12-9-5-2-6-10-12;12-8-6-11(7-9-13)10-4-2-1-3-5-10;1-5(11)3-4-12-6(2)7(8,9)10;1-6(11)2-4-12-5-3-7(8,9)10;1-4(5)2-3-6;1-2-3(4,5)6/h1-10H;1-5,12-13H,6-9H2;6H,3-4H2,1-2H3;2-5H2,1H3;6H,2-3H2,1H3;2H,1H2. The van der Waals surface area contributed by atoms with Crippen LogP contribution < -0.4 is 4.90 Å². The number of carbonyl (C=O) groups excluding carboxylic acids is 5. The zero-order chi connectivity index (χ0) is 51.9. The predicted octanol–water partition coefficient (Wildman–Crippen LogP) is 11.0. The first-order chi connectivity index (χ1) is 31.2. The number of allylic oxidation sites excluding steroid dienone is 1. The van der Waals surface area contributed by atoms with Gasteiger partial charge in [-0.25, -0.2) is 19.4 Å². The van der Waals surface area contributed by atoms with Crippen LogP contribution in [-0.4, -0.2) is 113 Å². The van der Waals surface area contributed by atoms with E-state index >= 15 is 0 Å². The third kappa shape index (κ3) is 45.1. The van der Waals surface area contributed by atoms with Gasteiger partial charge in [-0.3, -0.25) is 14.4 Å². The summed E-state index contributed by atoms with van der Waals surface area (Å²) < 4.78 is 102. The van der Waals surface area contributed by atoms with Crippen molar-refractivity contribution < 1.29 is 83.5 Å². The van der Waals surface area contributed by atoms with E-state index in [0.717, 1.165) is 24.4 Å². The van der Waals surface area contributed by atoms with Crippen molar-refractivity contribution in [3.05, 3.63) is 115 Å². The fourth-order valence-electron chi connectivity index (χ4n) is 3.71.